The van der Waals surface area contributed by atoms with Crippen LogP contribution in [-0.4, -0.2) is 11.2 Å². The lowest BCUT2D eigenvalue weighted by atomic mass is 10.1. The zero-order valence-electron chi connectivity index (χ0n) is 11.5. The Morgan fingerprint density at radius 2 is 2.14 bits per heavy atom. The summed E-state index contributed by atoms with van der Waals surface area (Å²) in [6, 6.07) is 12.0. The van der Waals surface area contributed by atoms with Crippen molar-refractivity contribution in [3.05, 3.63) is 64.3 Å². The van der Waals surface area contributed by atoms with Gasteiger partial charge in [-0.3, -0.25) is 0 Å². The highest BCUT2D eigenvalue weighted by Crippen LogP contribution is 2.21. The zero-order chi connectivity index (χ0) is 14.5. The summed E-state index contributed by atoms with van der Waals surface area (Å²) in [4.78, 5) is 10.4. The normalized spacial score (nSPS) is 11.1. The fourth-order valence-electron chi connectivity index (χ4n) is 1.77. The predicted molar refractivity (Wildman–Crippen MR) is 83.4 cm³/mol. The molecule has 0 aliphatic carbocycles. The summed E-state index contributed by atoms with van der Waals surface area (Å²) in [7, 11) is 0. The summed E-state index contributed by atoms with van der Waals surface area (Å²) >= 11 is 1.60. The summed E-state index contributed by atoms with van der Waals surface area (Å²) in [6.45, 7) is 2.27. The van der Waals surface area contributed by atoms with Crippen LogP contribution in [0, 0.1) is 6.92 Å². The van der Waals surface area contributed by atoms with E-state index >= 15 is 0 Å². The highest BCUT2D eigenvalue weighted by Gasteiger charge is 2.06. The maximum absolute atomic E-state index is 5.64. The lowest BCUT2D eigenvalue weighted by Crippen LogP contribution is -1.86. The Balaban J connectivity index is 1.59. The van der Waals surface area contributed by atoms with Crippen molar-refractivity contribution in [2.24, 2.45) is 5.16 Å². The summed E-state index contributed by atoms with van der Waals surface area (Å²) in [5.74, 6) is 1.24. The van der Waals surface area contributed by atoms with Crippen molar-refractivity contribution >= 4 is 17.6 Å². The molecule has 0 radical (unpaired) electrons. The molecule has 1 aromatic carbocycles. The van der Waals surface area contributed by atoms with Gasteiger partial charge in [-0.15, -0.1) is 11.3 Å². The van der Waals surface area contributed by atoms with Crippen LogP contribution in [0.1, 0.15) is 16.3 Å². The Labute approximate surface area is 126 Å². The van der Waals surface area contributed by atoms with E-state index in [0.717, 1.165) is 16.2 Å². The van der Waals surface area contributed by atoms with E-state index < -0.39 is 0 Å². The Bertz CT molecular complexity index is 715. The molecule has 0 atom stereocenters. The predicted octanol–water partition coefficient (Wildman–Crippen LogP) is 4.26. The fraction of sp³-hybridized carbons (Fsp3) is 0.125. The average molecular weight is 298 g/mol. The second-order valence-corrected chi connectivity index (χ2v) is 5.49. The van der Waals surface area contributed by atoms with Crippen LogP contribution in [0.5, 0.6) is 0 Å². The van der Waals surface area contributed by atoms with E-state index in [4.69, 9.17) is 9.25 Å². The third-order valence-corrected chi connectivity index (χ3v) is 3.68. The fourth-order valence-corrected chi connectivity index (χ4v) is 2.35. The van der Waals surface area contributed by atoms with Gasteiger partial charge >= 0.3 is 0 Å². The van der Waals surface area contributed by atoms with Gasteiger partial charge in [-0.05, 0) is 18.4 Å². The number of aromatic nitrogens is 1. The highest BCUT2D eigenvalue weighted by molar-refractivity contribution is 7.11. The molecule has 0 unspecified atom stereocenters. The van der Waals surface area contributed by atoms with Gasteiger partial charge in [0, 0.05) is 10.4 Å². The Morgan fingerprint density at radius 1 is 1.29 bits per heavy atom. The van der Waals surface area contributed by atoms with Crippen molar-refractivity contribution in [3.63, 3.8) is 0 Å². The SMILES string of the molecule is Cc1ccc(-c2cnc(CO/N=C/c3cccs3)o2)cc1. The van der Waals surface area contributed by atoms with E-state index in [-0.39, 0.29) is 6.61 Å². The van der Waals surface area contributed by atoms with Gasteiger partial charge in [-0.25, -0.2) is 4.98 Å². The smallest absolute Gasteiger partial charge is 0.235 e. The van der Waals surface area contributed by atoms with Gasteiger partial charge in [0.1, 0.15) is 0 Å². The van der Waals surface area contributed by atoms with E-state index in [1.54, 1.807) is 23.7 Å². The van der Waals surface area contributed by atoms with Crippen molar-refractivity contribution in [3.8, 4) is 11.3 Å². The van der Waals surface area contributed by atoms with Crippen LogP contribution < -0.4 is 0 Å². The van der Waals surface area contributed by atoms with Crippen molar-refractivity contribution in [2.75, 3.05) is 0 Å². The summed E-state index contributed by atoms with van der Waals surface area (Å²) < 4.78 is 5.64. The lowest BCUT2D eigenvalue weighted by Gasteiger charge is -1.97. The van der Waals surface area contributed by atoms with Crippen molar-refractivity contribution in [1.29, 1.82) is 0 Å². The van der Waals surface area contributed by atoms with Crippen molar-refractivity contribution in [2.45, 2.75) is 13.5 Å². The molecule has 21 heavy (non-hydrogen) atoms. The largest absolute Gasteiger partial charge is 0.437 e. The molecule has 0 spiro atoms. The second kappa shape index (κ2) is 6.37. The minimum absolute atomic E-state index is 0.216. The number of nitrogens with zero attached hydrogens (tertiary/aromatic N) is 2. The third kappa shape index (κ3) is 3.58. The maximum Gasteiger partial charge on any atom is 0.235 e. The molecule has 0 aliphatic heterocycles. The average Bonchev–Trinajstić information content (AvgIpc) is 3.16. The van der Waals surface area contributed by atoms with Gasteiger partial charge in [0.2, 0.25) is 5.89 Å². The molecule has 2 heterocycles. The number of rotatable bonds is 5. The van der Waals surface area contributed by atoms with Crippen LogP contribution in [-0.2, 0) is 11.4 Å². The van der Waals surface area contributed by atoms with Crippen LogP contribution in [0.2, 0.25) is 0 Å². The van der Waals surface area contributed by atoms with E-state index in [1.807, 2.05) is 41.8 Å². The quantitative estimate of drug-likeness (QED) is 0.522. The maximum atomic E-state index is 5.64. The zero-order valence-corrected chi connectivity index (χ0v) is 12.3. The van der Waals surface area contributed by atoms with E-state index in [0.29, 0.717) is 5.89 Å². The molecule has 0 bridgehead atoms. The number of thiophene rings is 1. The topological polar surface area (TPSA) is 47.6 Å². The Kier molecular flexibility index (Phi) is 4.12. The number of hydrogen-bond donors (Lipinski definition) is 0. The number of oxazole rings is 1. The van der Waals surface area contributed by atoms with Gasteiger partial charge in [-0.1, -0.05) is 41.1 Å². The first-order valence-corrected chi connectivity index (χ1v) is 7.40. The van der Waals surface area contributed by atoms with Gasteiger partial charge < -0.3 is 9.25 Å². The number of benzene rings is 1. The van der Waals surface area contributed by atoms with E-state index in [9.17, 15) is 0 Å². The first-order valence-electron chi connectivity index (χ1n) is 6.52. The van der Waals surface area contributed by atoms with Gasteiger partial charge in [0.05, 0.1) is 12.4 Å². The number of hydrogen-bond acceptors (Lipinski definition) is 5. The molecule has 5 heteroatoms. The Morgan fingerprint density at radius 3 is 2.90 bits per heavy atom. The lowest BCUT2D eigenvalue weighted by molar-refractivity contribution is 0.113. The Hall–Kier alpha value is -2.40. The first-order chi connectivity index (χ1) is 10.3. The first kappa shape index (κ1) is 13.6. The standard InChI is InChI=1S/C16H14N2O2S/c1-12-4-6-13(7-5-12)15-10-17-16(20-15)11-19-18-9-14-3-2-8-21-14/h2-10H,11H2,1H3/b18-9+. The van der Waals surface area contributed by atoms with Gasteiger partial charge in [0.15, 0.2) is 12.4 Å². The van der Waals surface area contributed by atoms with Crippen LogP contribution >= 0.6 is 11.3 Å². The summed E-state index contributed by atoms with van der Waals surface area (Å²) in [5.41, 5.74) is 2.21. The third-order valence-electron chi connectivity index (χ3n) is 2.88. The molecule has 3 rings (SSSR count). The van der Waals surface area contributed by atoms with Crippen LogP contribution in [0.25, 0.3) is 11.3 Å². The molecule has 3 aromatic rings. The number of aryl methyl sites for hydroxylation is 1. The summed E-state index contributed by atoms with van der Waals surface area (Å²) in [5, 5.41) is 5.88. The minimum atomic E-state index is 0.216. The molecule has 4 nitrogen and oxygen atoms in total. The molecule has 106 valence electrons. The second-order valence-electron chi connectivity index (χ2n) is 4.51. The van der Waals surface area contributed by atoms with Crippen molar-refractivity contribution < 1.29 is 9.25 Å². The van der Waals surface area contributed by atoms with Crippen LogP contribution in [0.3, 0.4) is 0 Å². The molecule has 0 saturated carbocycles. The van der Waals surface area contributed by atoms with E-state index in [1.165, 1.54) is 5.56 Å². The molecule has 0 aliphatic rings. The number of oxime groups is 1. The molecular formula is C16H14N2O2S. The van der Waals surface area contributed by atoms with Crippen molar-refractivity contribution in [1.82, 2.24) is 4.98 Å². The van der Waals surface area contributed by atoms with Gasteiger partial charge in [0.25, 0.3) is 0 Å². The van der Waals surface area contributed by atoms with E-state index in [2.05, 4.69) is 17.1 Å². The molecule has 0 N–H and O–H groups in total. The molecule has 0 fully saturated rings. The summed E-state index contributed by atoms with van der Waals surface area (Å²) in [6.07, 6.45) is 3.38. The van der Waals surface area contributed by atoms with Crippen LogP contribution in [0.15, 0.2) is 57.5 Å². The van der Waals surface area contributed by atoms with Gasteiger partial charge in [-0.2, -0.15) is 0 Å². The molecule has 0 amide bonds. The molecule has 2 aromatic heterocycles. The van der Waals surface area contributed by atoms with Crippen LogP contribution in [0.4, 0.5) is 0 Å². The monoisotopic (exact) mass is 298 g/mol. The highest BCUT2D eigenvalue weighted by atomic mass is 32.1. The minimum Gasteiger partial charge on any atom is -0.437 e. The molecular weight excluding hydrogens is 284 g/mol. The molecule has 0 saturated heterocycles.